The molecule has 124 valence electrons. The van der Waals surface area contributed by atoms with E-state index in [0.717, 1.165) is 23.8 Å². The summed E-state index contributed by atoms with van der Waals surface area (Å²) in [5.41, 5.74) is 2.67. The van der Waals surface area contributed by atoms with E-state index in [1.165, 1.54) is 23.4 Å². The van der Waals surface area contributed by atoms with Gasteiger partial charge in [0.1, 0.15) is 5.82 Å². The van der Waals surface area contributed by atoms with Crippen molar-refractivity contribution < 1.29 is 9.50 Å². The third kappa shape index (κ3) is 4.04. The number of imidazole rings is 1. The van der Waals surface area contributed by atoms with E-state index in [2.05, 4.69) is 17.1 Å². The predicted molar refractivity (Wildman–Crippen MR) is 94.3 cm³/mol. The molecule has 1 heterocycles. The summed E-state index contributed by atoms with van der Waals surface area (Å²) in [5.74, 6) is 0.314. The smallest absolute Gasteiger partial charge is 0.168 e. The van der Waals surface area contributed by atoms with Gasteiger partial charge >= 0.3 is 0 Å². The van der Waals surface area contributed by atoms with Gasteiger partial charge in [-0.1, -0.05) is 60.3 Å². The molecule has 0 aliphatic rings. The number of rotatable bonds is 7. The van der Waals surface area contributed by atoms with Crippen molar-refractivity contribution in [2.24, 2.45) is 0 Å². The maximum atomic E-state index is 13.8. The van der Waals surface area contributed by atoms with Crippen LogP contribution in [0.15, 0.2) is 66.0 Å². The Morgan fingerprint density at radius 3 is 2.54 bits per heavy atom. The molecule has 5 heteroatoms. The van der Waals surface area contributed by atoms with E-state index in [1.54, 1.807) is 18.3 Å². The number of aliphatic hydroxyl groups excluding tert-OH is 1. The van der Waals surface area contributed by atoms with Crippen molar-refractivity contribution in [3.05, 3.63) is 83.4 Å². The highest BCUT2D eigenvalue weighted by atomic mass is 32.2. The highest BCUT2D eigenvalue weighted by molar-refractivity contribution is 7.98. The van der Waals surface area contributed by atoms with Gasteiger partial charge in [-0.2, -0.15) is 0 Å². The third-order valence-corrected chi connectivity index (χ3v) is 4.88. The van der Waals surface area contributed by atoms with Gasteiger partial charge in [0.25, 0.3) is 0 Å². The Hall–Kier alpha value is -2.11. The second-order valence-corrected chi connectivity index (χ2v) is 6.40. The van der Waals surface area contributed by atoms with Crippen LogP contribution in [-0.2, 0) is 25.3 Å². The van der Waals surface area contributed by atoms with Gasteiger partial charge in [0.15, 0.2) is 5.16 Å². The van der Waals surface area contributed by atoms with Crippen LogP contribution in [0, 0.1) is 5.82 Å². The Morgan fingerprint density at radius 2 is 1.79 bits per heavy atom. The Bertz CT molecular complexity index is 789. The van der Waals surface area contributed by atoms with Crippen LogP contribution >= 0.6 is 11.8 Å². The summed E-state index contributed by atoms with van der Waals surface area (Å²) in [5, 5.41) is 10.3. The first-order valence-electron chi connectivity index (χ1n) is 7.83. The molecule has 0 unspecified atom stereocenters. The van der Waals surface area contributed by atoms with Crippen LogP contribution in [0.25, 0.3) is 0 Å². The minimum absolute atomic E-state index is 0.0535. The lowest BCUT2D eigenvalue weighted by Crippen LogP contribution is -2.07. The van der Waals surface area contributed by atoms with Gasteiger partial charge < -0.3 is 9.67 Å². The number of aliphatic hydroxyl groups is 1. The summed E-state index contributed by atoms with van der Waals surface area (Å²) in [4.78, 5) is 4.39. The Balaban J connectivity index is 1.71. The van der Waals surface area contributed by atoms with Crippen LogP contribution in [0.4, 0.5) is 4.39 Å². The van der Waals surface area contributed by atoms with Gasteiger partial charge in [0.2, 0.25) is 0 Å². The van der Waals surface area contributed by atoms with Crippen LogP contribution in [-0.4, -0.2) is 14.7 Å². The fourth-order valence-corrected chi connectivity index (χ4v) is 3.53. The zero-order valence-corrected chi connectivity index (χ0v) is 14.0. The second kappa shape index (κ2) is 8.13. The molecule has 0 radical (unpaired) electrons. The highest BCUT2D eigenvalue weighted by Crippen LogP contribution is 2.24. The summed E-state index contributed by atoms with van der Waals surface area (Å²) in [6.07, 6.45) is 2.55. The number of benzene rings is 2. The van der Waals surface area contributed by atoms with Crippen molar-refractivity contribution in [3.63, 3.8) is 0 Å². The van der Waals surface area contributed by atoms with Crippen LogP contribution < -0.4 is 0 Å². The first-order valence-corrected chi connectivity index (χ1v) is 8.82. The van der Waals surface area contributed by atoms with Gasteiger partial charge in [-0.15, -0.1) is 0 Å². The molecule has 0 bridgehead atoms. The summed E-state index contributed by atoms with van der Waals surface area (Å²) < 4.78 is 15.8. The second-order valence-electron chi connectivity index (χ2n) is 5.46. The van der Waals surface area contributed by atoms with Crippen molar-refractivity contribution in [2.75, 3.05) is 0 Å². The van der Waals surface area contributed by atoms with Crippen LogP contribution in [0.5, 0.6) is 0 Å². The molecule has 0 amide bonds. The van der Waals surface area contributed by atoms with Crippen molar-refractivity contribution in [2.45, 2.75) is 30.5 Å². The number of aromatic nitrogens is 2. The number of thioether (sulfide) groups is 1. The van der Waals surface area contributed by atoms with Gasteiger partial charge in [0, 0.05) is 12.3 Å². The summed E-state index contributed by atoms with van der Waals surface area (Å²) in [6.45, 7) is 0.682. The molecule has 3 aromatic rings. The molecule has 0 saturated heterocycles. The molecular formula is C19H19FN2OS. The summed E-state index contributed by atoms with van der Waals surface area (Å²) in [7, 11) is 0. The first kappa shape index (κ1) is 16.7. The molecule has 0 atom stereocenters. The Kier molecular flexibility index (Phi) is 5.67. The van der Waals surface area contributed by atoms with Crippen molar-refractivity contribution in [3.8, 4) is 0 Å². The number of aryl methyl sites for hydroxylation is 1. The van der Waals surface area contributed by atoms with E-state index in [-0.39, 0.29) is 12.4 Å². The predicted octanol–water partition coefficient (Wildman–Crippen LogP) is 4.05. The molecule has 0 saturated carbocycles. The summed E-state index contributed by atoms with van der Waals surface area (Å²) >= 11 is 1.49. The topological polar surface area (TPSA) is 38.1 Å². The molecular weight excluding hydrogens is 323 g/mol. The monoisotopic (exact) mass is 342 g/mol. The van der Waals surface area contributed by atoms with Crippen LogP contribution in [0.3, 0.4) is 0 Å². The van der Waals surface area contributed by atoms with Crippen molar-refractivity contribution >= 4 is 11.8 Å². The van der Waals surface area contributed by atoms with Gasteiger partial charge in [-0.3, -0.25) is 0 Å². The zero-order chi connectivity index (χ0) is 16.8. The van der Waals surface area contributed by atoms with Crippen molar-refractivity contribution in [1.82, 2.24) is 9.55 Å². The molecule has 3 nitrogen and oxygen atoms in total. The lowest BCUT2D eigenvalue weighted by Gasteiger charge is -2.11. The largest absolute Gasteiger partial charge is 0.390 e. The SMILES string of the molecule is OCc1cnc(SCc2ccccc2F)n1CCc1ccccc1. The maximum Gasteiger partial charge on any atom is 0.168 e. The molecule has 0 spiro atoms. The first-order chi connectivity index (χ1) is 11.8. The number of nitrogens with zero attached hydrogens (tertiary/aromatic N) is 2. The van der Waals surface area contributed by atoms with Crippen LogP contribution in [0.1, 0.15) is 16.8 Å². The number of hydrogen-bond donors (Lipinski definition) is 1. The molecule has 1 N–H and O–H groups in total. The average Bonchev–Trinajstić information content (AvgIpc) is 3.02. The Labute approximate surface area is 145 Å². The fourth-order valence-electron chi connectivity index (χ4n) is 2.52. The zero-order valence-electron chi connectivity index (χ0n) is 13.2. The third-order valence-electron chi connectivity index (χ3n) is 3.85. The minimum Gasteiger partial charge on any atom is -0.390 e. The van der Waals surface area contributed by atoms with Gasteiger partial charge in [0.05, 0.1) is 18.5 Å². The normalized spacial score (nSPS) is 10.9. The van der Waals surface area contributed by atoms with E-state index < -0.39 is 0 Å². The van der Waals surface area contributed by atoms with Gasteiger partial charge in [-0.05, 0) is 23.6 Å². The number of halogens is 1. The fraction of sp³-hybridized carbons (Fsp3) is 0.211. The summed E-state index contributed by atoms with van der Waals surface area (Å²) in [6, 6.07) is 17.0. The van der Waals surface area contributed by atoms with Crippen molar-refractivity contribution in [1.29, 1.82) is 0 Å². The Morgan fingerprint density at radius 1 is 1.04 bits per heavy atom. The van der Waals surface area contributed by atoms with E-state index in [9.17, 15) is 9.50 Å². The standard InChI is InChI=1S/C19H19FN2OS/c20-18-9-5-4-8-16(18)14-24-19-21-12-17(13-23)22(19)11-10-15-6-2-1-3-7-15/h1-9,12,23H,10-11,13-14H2. The van der Waals surface area contributed by atoms with E-state index in [0.29, 0.717) is 11.3 Å². The van der Waals surface area contributed by atoms with Crippen LogP contribution in [0.2, 0.25) is 0 Å². The highest BCUT2D eigenvalue weighted by Gasteiger charge is 2.11. The lowest BCUT2D eigenvalue weighted by atomic mass is 10.1. The van der Waals surface area contributed by atoms with E-state index >= 15 is 0 Å². The molecule has 0 fully saturated rings. The number of hydrogen-bond acceptors (Lipinski definition) is 3. The molecule has 2 aromatic carbocycles. The quantitative estimate of drug-likeness (QED) is 0.658. The van der Waals surface area contributed by atoms with E-state index in [4.69, 9.17) is 0 Å². The molecule has 1 aromatic heterocycles. The average molecular weight is 342 g/mol. The minimum atomic E-state index is -0.199. The van der Waals surface area contributed by atoms with E-state index in [1.807, 2.05) is 28.8 Å². The molecule has 3 rings (SSSR count). The molecule has 0 aliphatic heterocycles. The molecule has 24 heavy (non-hydrogen) atoms. The van der Waals surface area contributed by atoms with Gasteiger partial charge in [-0.25, -0.2) is 9.37 Å². The lowest BCUT2D eigenvalue weighted by molar-refractivity contribution is 0.269. The maximum absolute atomic E-state index is 13.8. The molecule has 0 aliphatic carbocycles.